The number of hydrogen-bond donors (Lipinski definition) is 2. The van der Waals surface area contributed by atoms with Crippen molar-refractivity contribution in [3.63, 3.8) is 0 Å². The third-order valence-electron chi connectivity index (χ3n) is 4.21. The summed E-state index contributed by atoms with van der Waals surface area (Å²) in [5.74, 6) is -0.157. The molecule has 0 aliphatic carbocycles. The Morgan fingerprint density at radius 2 is 1.97 bits per heavy atom. The average molecular weight is 421 g/mol. The molecule has 10 heteroatoms. The third-order valence-corrected chi connectivity index (χ3v) is 4.54. The van der Waals surface area contributed by atoms with Crippen LogP contribution in [0.5, 0.6) is 5.75 Å². The zero-order valence-electron chi connectivity index (χ0n) is 16.1. The van der Waals surface area contributed by atoms with Crippen molar-refractivity contribution in [2.24, 2.45) is 0 Å². The van der Waals surface area contributed by atoms with Crippen molar-refractivity contribution in [3.8, 4) is 5.75 Å². The summed E-state index contributed by atoms with van der Waals surface area (Å²) in [7, 11) is 3.15. The van der Waals surface area contributed by atoms with Crippen molar-refractivity contribution in [3.05, 3.63) is 57.6 Å². The molecule has 0 unspecified atom stereocenters. The average Bonchev–Trinajstić information content (AvgIpc) is 2.68. The smallest absolute Gasteiger partial charge is 0.271 e. The molecule has 0 heterocycles. The Kier molecular flexibility index (Phi) is 7.52. The van der Waals surface area contributed by atoms with Crippen LogP contribution in [0.25, 0.3) is 0 Å². The van der Waals surface area contributed by atoms with Gasteiger partial charge in [0.2, 0.25) is 11.8 Å². The number of halogens is 1. The summed E-state index contributed by atoms with van der Waals surface area (Å²) >= 11 is 6.00. The maximum atomic E-state index is 12.5. The molecule has 154 valence electrons. The number of hydrogen-bond acceptors (Lipinski definition) is 6. The number of ether oxygens (including phenoxy) is 1. The Bertz CT molecular complexity index is 921. The van der Waals surface area contributed by atoms with E-state index < -0.39 is 16.9 Å². The first-order valence-electron chi connectivity index (χ1n) is 8.60. The van der Waals surface area contributed by atoms with Gasteiger partial charge in [0.1, 0.15) is 5.75 Å². The fourth-order valence-corrected chi connectivity index (χ4v) is 2.59. The molecular formula is C19H21ClN4O5. The second kappa shape index (κ2) is 9.85. The maximum absolute atomic E-state index is 12.5. The number of benzene rings is 2. The number of amides is 2. The van der Waals surface area contributed by atoms with E-state index in [4.69, 9.17) is 16.3 Å². The standard InChI is InChI=1S/C19H21ClN4O5/c1-12(19(26)22-17-10-14(24(27)28)7-8-16(17)20)23(2)11-18(25)21-13-5-4-6-15(9-13)29-3/h4-10,12H,11H2,1-3H3,(H,21,25)(H,22,26)/t12-/m1/s1. The van der Waals surface area contributed by atoms with Crippen LogP contribution in [-0.4, -0.2) is 48.4 Å². The number of methoxy groups -OCH3 is 1. The normalized spacial score (nSPS) is 11.6. The van der Waals surface area contributed by atoms with E-state index in [0.717, 1.165) is 0 Å². The third kappa shape index (κ3) is 6.16. The molecule has 2 rings (SSSR count). The summed E-state index contributed by atoms with van der Waals surface area (Å²) in [6, 6.07) is 9.98. The zero-order valence-corrected chi connectivity index (χ0v) is 16.9. The molecule has 0 bridgehead atoms. The second-order valence-electron chi connectivity index (χ2n) is 6.28. The summed E-state index contributed by atoms with van der Waals surface area (Å²) in [6.45, 7) is 1.56. The van der Waals surface area contributed by atoms with Crippen molar-refractivity contribution in [1.82, 2.24) is 4.90 Å². The van der Waals surface area contributed by atoms with E-state index in [-0.39, 0.29) is 28.8 Å². The van der Waals surface area contributed by atoms with Gasteiger partial charge in [0.25, 0.3) is 5.69 Å². The Labute approximate surface area is 172 Å². The van der Waals surface area contributed by atoms with Gasteiger partial charge in [-0.2, -0.15) is 0 Å². The molecule has 0 aliphatic rings. The lowest BCUT2D eigenvalue weighted by atomic mass is 10.2. The number of likely N-dealkylation sites (N-methyl/N-ethyl adjacent to an activating group) is 1. The number of nitrogens with zero attached hydrogens (tertiary/aromatic N) is 2. The lowest BCUT2D eigenvalue weighted by molar-refractivity contribution is -0.384. The lowest BCUT2D eigenvalue weighted by Crippen LogP contribution is -2.43. The van der Waals surface area contributed by atoms with Gasteiger partial charge >= 0.3 is 0 Å². The van der Waals surface area contributed by atoms with Crippen LogP contribution in [-0.2, 0) is 9.59 Å². The van der Waals surface area contributed by atoms with Crippen LogP contribution in [0, 0.1) is 10.1 Å². The van der Waals surface area contributed by atoms with Gasteiger partial charge in [0, 0.05) is 23.9 Å². The van der Waals surface area contributed by atoms with E-state index in [9.17, 15) is 19.7 Å². The van der Waals surface area contributed by atoms with Gasteiger partial charge in [-0.1, -0.05) is 17.7 Å². The molecule has 29 heavy (non-hydrogen) atoms. The van der Waals surface area contributed by atoms with Gasteiger partial charge < -0.3 is 15.4 Å². The molecule has 9 nitrogen and oxygen atoms in total. The SMILES string of the molecule is COc1cccc(NC(=O)CN(C)[C@H](C)C(=O)Nc2cc([N+](=O)[O-])ccc2Cl)c1. The molecule has 0 saturated carbocycles. The van der Waals surface area contributed by atoms with Crippen LogP contribution in [0.15, 0.2) is 42.5 Å². The molecular weight excluding hydrogens is 400 g/mol. The Morgan fingerprint density at radius 3 is 2.62 bits per heavy atom. The predicted octanol–water partition coefficient (Wildman–Crippen LogP) is 3.15. The number of anilines is 2. The van der Waals surface area contributed by atoms with Gasteiger partial charge in [0.05, 0.1) is 35.3 Å². The molecule has 0 fully saturated rings. The molecule has 0 saturated heterocycles. The molecule has 2 amide bonds. The van der Waals surface area contributed by atoms with Gasteiger partial charge in [-0.15, -0.1) is 0 Å². The summed E-state index contributed by atoms with van der Waals surface area (Å²) < 4.78 is 5.11. The van der Waals surface area contributed by atoms with Crippen molar-refractivity contribution in [2.45, 2.75) is 13.0 Å². The van der Waals surface area contributed by atoms with Gasteiger partial charge in [-0.25, -0.2) is 0 Å². The molecule has 0 radical (unpaired) electrons. The number of non-ortho nitro benzene ring substituents is 1. The van der Waals surface area contributed by atoms with Gasteiger partial charge in [-0.05, 0) is 32.2 Å². The fourth-order valence-electron chi connectivity index (χ4n) is 2.42. The predicted molar refractivity (Wildman–Crippen MR) is 110 cm³/mol. The summed E-state index contributed by atoms with van der Waals surface area (Å²) in [5.41, 5.74) is 0.513. The minimum Gasteiger partial charge on any atom is -0.497 e. The minimum atomic E-state index is -0.693. The highest BCUT2D eigenvalue weighted by atomic mass is 35.5. The van der Waals surface area contributed by atoms with E-state index in [2.05, 4.69) is 10.6 Å². The molecule has 0 aromatic heterocycles. The molecule has 2 aromatic rings. The first-order valence-corrected chi connectivity index (χ1v) is 8.98. The van der Waals surface area contributed by atoms with Crippen molar-refractivity contribution in [2.75, 3.05) is 31.3 Å². The number of nitro benzene ring substituents is 1. The summed E-state index contributed by atoms with van der Waals surface area (Å²) in [6.07, 6.45) is 0. The number of nitro groups is 1. The number of carbonyl (C=O) groups excluding carboxylic acids is 2. The maximum Gasteiger partial charge on any atom is 0.271 e. The largest absolute Gasteiger partial charge is 0.497 e. The molecule has 0 aliphatic heterocycles. The molecule has 2 N–H and O–H groups in total. The Morgan fingerprint density at radius 1 is 1.24 bits per heavy atom. The minimum absolute atomic E-state index is 0.0472. The van der Waals surface area contributed by atoms with E-state index in [1.165, 1.54) is 30.2 Å². The van der Waals surface area contributed by atoms with Crippen molar-refractivity contribution in [1.29, 1.82) is 0 Å². The lowest BCUT2D eigenvalue weighted by Gasteiger charge is -2.23. The monoisotopic (exact) mass is 420 g/mol. The van der Waals surface area contributed by atoms with Crippen LogP contribution in [0.4, 0.5) is 17.1 Å². The van der Waals surface area contributed by atoms with E-state index >= 15 is 0 Å². The van der Waals surface area contributed by atoms with Crippen molar-refractivity contribution < 1.29 is 19.2 Å². The highest BCUT2D eigenvalue weighted by molar-refractivity contribution is 6.33. The molecule has 2 aromatic carbocycles. The highest BCUT2D eigenvalue weighted by Gasteiger charge is 2.22. The van der Waals surface area contributed by atoms with Crippen LogP contribution in [0.3, 0.4) is 0 Å². The zero-order chi connectivity index (χ0) is 21.6. The van der Waals surface area contributed by atoms with Crippen molar-refractivity contribution >= 4 is 40.5 Å². The fraction of sp³-hybridized carbons (Fsp3) is 0.263. The quantitative estimate of drug-likeness (QED) is 0.501. The summed E-state index contributed by atoms with van der Waals surface area (Å²) in [5, 5.41) is 16.4. The van der Waals surface area contributed by atoms with E-state index in [1.807, 2.05) is 0 Å². The van der Waals surface area contributed by atoms with E-state index in [1.54, 1.807) is 38.2 Å². The van der Waals surface area contributed by atoms with Gasteiger partial charge in [0.15, 0.2) is 0 Å². The van der Waals surface area contributed by atoms with Crippen LogP contribution >= 0.6 is 11.6 Å². The topological polar surface area (TPSA) is 114 Å². The van der Waals surface area contributed by atoms with E-state index in [0.29, 0.717) is 11.4 Å². The number of rotatable bonds is 8. The first kappa shape index (κ1) is 22.1. The van der Waals surface area contributed by atoms with Gasteiger partial charge in [-0.3, -0.25) is 24.6 Å². The Hall–Kier alpha value is -3.17. The second-order valence-corrected chi connectivity index (χ2v) is 6.69. The van der Waals surface area contributed by atoms with Crippen LogP contribution in [0.2, 0.25) is 5.02 Å². The molecule has 0 spiro atoms. The first-order chi connectivity index (χ1) is 13.7. The summed E-state index contributed by atoms with van der Waals surface area (Å²) in [4.78, 5) is 36.6. The Balaban J connectivity index is 1.97. The number of carbonyl (C=O) groups is 2. The highest BCUT2D eigenvalue weighted by Crippen LogP contribution is 2.27. The molecule has 1 atom stereocenters. The van der Waals surface area contributed by atoms with Crippen LogP contribution in [0.1, 0.15) is 6.92 Å². The van der Waals surface area contributed by atoms with Crippen LogP contribution < -0.4 is 15.4 Å². The number of nitrogens with one attached hydrogen (secondary N) is 2.